The first-order valence-corrected chi connectivity index (χ1v) is 5.67. The van der Waals surface area contributed by atoms with Gasteiger partial charge >= 0.3 is 0 Å². The molecule has 5 nitrogen and oxygen atoms in total. The highest BCUT2D eigenvalue weighted by molar-refractivity contribution is 7.89. The first-order valence-electron chi connectivity index (χ1n) is 4.23. The van der Waals surface area contributed by atoms with Crippen molar-refractivity contribution in [2.75, 3.05) is 7.05 Å². The molecule has 1 N–H and O–H groups in total. The highest BCUT2D eigenvalue weighted by Gasteiger charge is 2.31. The molecule has 0 unspecified atom stereocenters. The Balaban J connectivity index is 3.11. The summed E-state index contributed by atoms with van der Waals surface area (Å²) in [6.45, 7) is 5.50. The van der Waals surface area contributed by atoms with Gasteiger partial charge in [0.05, 0.1) is 12.5 Å². The van der Waals surface area contributed by atoms with Gasteiger partial charge in [-0.15, -0.1) is 0 Å². The molecule has 0 radical (unpaired) electrons. The van der Waals surface area contributed by atoms with Crippen LogP contribution in [0.5, 0.6) is 0 Å². The SMILES string of the molecule is CN(C(C)(C)C)S(=O)(=O)c1cnc[nH]1. The number of aromatic nitrogens is 2. The van der Waals surface area contributed by atoms with Crippen LogP contribution in [0.4, 0.5) is 0 Å². The average Bonchev–Trinajstić information content (AvgIpc) is 2.53. The molecule has 1 aromatic heterocycles. The molecule has 0 aliphatic rings. The van der Waals surface area contributed by atoms with Crippen molar-refractivity contribution in [1.82, 2.24) is 14.3 Å². The molecule has 14 heavy (non-hydrogen) atoms. The van der Waals surface area contributed by atoms with Crippen LogP contribution in [0.3, 0.4) is 0 Å². The third kappa shape index (κ3) is 1.96. The van der Waals surface area contributed by atoms with Crippen LogP contribution in [-0.2, 0) is 10.0 Å². The molecule has 0 aliphatic heterocycles. The molecule has 0 fully saturated rings. The Hall–Kier alpha value is -0.880. The Labute approximate surface area is 84.2 Å². The predicted molar refractivity (Wildman–Crippen MR) is 53.3 cm³/mol. The van der Waals surface area contributed by atoms with Crippen molar-refractivity contribution in [2.24, 2.45) is 0 Å². The molecule has 0 aromatic carbocycles. The van der Waals surface area contributed by atoms with Crippen molar-refractivity contribution < 1.29 is 8.42 Å². The van der Waals surface area contributed by atoms with Gasteiger partial charge in [-0.3, -0.25) is 0 Å². The molecule has 1 heterocycles. The normalized spacial score (nSPS) is 13.5. The minimum atomic E-state index is -3.44. The van der Waals surface area contributed by atoms with Crippen LogP contribution in [0.1, 0.15) is 20.8 Å². The summed E-state index contributed by atoms with van der Waals surface area (Å²) in [7, 11) is -1.89. The maximum atomic E-state index is 11.9. The van der Waals surface area contributed by atoms with Crippen molar-refractivity contribution in [1.29, 1.82) is 0 Å². The van der Waals surface area contributed by atoms with Gasteiger partial charge in [0.1, 0.15) is 0 Å². The van der Waals surface area contributed by atoms with Crippen LogP contribution in [0.15, 0.2) is 17.6 Å². The molecule has 6 heteroatoms. The molecule has 0 saturated heterocycles. The fraction of sp³-hybridized carbons (Fsp3) is 0.625. The number of hydrogen-bond donors (Lipinski definition) is 1. The second-order valence-corrected chi connectivity index (χ2v) is 6.00. The van der Waals surface area contributed by atoms with Gasteiger partial charge < -0.3 is 4.98 Å². The van der Waals surface area contributed by atoms with E-state index in [0.717, 1.165) is 0 Å². The molecule has 0 bridgehead atoms. The summed E-state index contributed by atoms with van der Waals surface area (Å²) < 4.78 is 25.1. The molecule has 0 amide bonds. The number of nitrogens with zero attached hydrogens (tertiary/aromatic N) is 2. The van der Waals surface area contributed by atoms with Crippen LogP contribution in [0, 0.1) is 0 Å². The molecule has 1 rings (SSSR count). The predicted octanol–water partition coefficient (Wildman–Crippen LogP) is 0.829. The third-order valence-corrected chi connectivity index (χ3v) is 4.10. The first-order chi connectivity index (χ1) is 6.26. The highest BCUT2D eigenvalue weighted by Crippen LogP contribution is 2.19. The van der Waals surface area contributed by atoms with Crippen molar-refractivity contribution in [3.63, 3.8) is 0 Å². The van der Waals surface area contributed by atoms with Gasteiger partial charge in [0.15, 0.2) is 5.03 Å². The number of H-pyrrole nitrogens is 1. The minimum Gasteiger partial charge on any atom is -0.335 e. The van der Waals surface area contributed by atoms with Crippen LogP contribution in [0.25, 0.3) is 0 Å². The van der Waals surface area contributed by atoms with E-state index in [1.54, 1.807) is 7.05 Å². The van der Waals surface area contributed by atoms with E-state index in [2.05, 4.69) is 9.97 Å². The van der Waals surface area contributed by atoms with E-state index in [0.29, 0.717) is 0 Å². The topological polar surface area (TPSA) is 66.1 Å². The lowest BCUT2D eigenvalue weighted by atomic mass is 10.1. The third-order valence-electron chi connectivity index (χ3n) is 2.06. The zero-order valence-electron chi connectivity index (χ0n) is 8.77. The second-order valence-electron chi connectivity index (χ2n) is 4.06. The van der Waals surface area contributed by atoms with Crippen LogP contribution < -0.4 is 0 Å². The van der Waals surface area contributed by atoms with Gasteiger partial charge in [-0.25, -0.2) is 13.4 Å². The van der Waals surface area contributed by atoms with Gasteiger partial charge in [0.2, 0.25) is 0 Å². The van der Waals surface area contributed by atoms with Crippen molar-refractivity contribution in [3.05, 3.63) is 12.5 Å². The van der Waals surface area contributed by atoms with Crippen LogP contribution in [0.2, 0.25) is 0 Å². The van der Waals surface area contributed by atoms with Crippen LogP contribution in [-0.4, -0.2) is 35.3 Å². The van der Waals surface area contributed by atoms with Crippen molar-refractivity contribution >= 4 is 10.0 Å². The summed E-state index contributed by atoms with van der Waals surface area (Å²) in [5, 5.41) is 0.120. The fourth-order valence-electron chi connectivity index (χ4n) is 0.892. The minimum absolute atomic E-state index is 0.120. The van der Waals surface area contributed by atoms with E-state index in [9.17, 15) is 8.42 Å². The molecule has 0 aliphatic carbocycles. The summed E-state index contributed by atoms with van der Waals surface area (Å²) in [6, 6.07) is 0. The Kier molecular flexibility index (Phi) is 2.69. The highest BCUT2D eigenvalue weighted by atomic mass is 32.2. The summed E-state index contributed by atoms with van der Waals surface area (Å²) in [5.74, 6) is 0. The van der Waals surface area contributed by atoms with Gasteiger partial charge in [-0.05, 0) is 20.8 Å². The van der Waals surface area contributed by atoms with E-state index in [1.165, 1.54) is 16.8 Å². The Morgan fingerprint density at radius 2 is 2.00 bits per heavy atom. The molecular weight excluding hydrogens is 202 g/mol. The Bertz CT molecular complexity index is 389. The maximum absolute atomic E-state index is 11.9. The maximum Gasteiger partial charge on any atom is 0.260 e. The molecule has 80 valence electrons. The lowest BCUT2D eigenvalue weighted by molar-refractivity contribution is 0.291. The lowest BCUT2D eigenvalue weighted by Gasteiger charge is -2.30. The average molecular weight is 217 g/mol. The summed E-state index contributed by atoms with van der Waals surface area (Å²) in [6.07, 6.45) is 2.65. The zero-order chi connectivity index (χ0) is 11.0. The molecule has 0 saturated carbocycles. The Morgan fingerprint density at radius 3 is 2.36 bits per heavy atom. The van der Waals surface area contributed by atoms with E-state index in [-0.39, 0.29) is 5.03 Å². The summed E-state index contributed by atoms with van der Waals surface area (Å²) in [4.78, 5) is 6.28. The standard InChI is InChI=1S/C8H15N3O2S/c1-8(2,3)11(4)14(12,13)7-5-9-6-10-7/h5-6H,1-4H3,(H,9,10). The number of nitrogens with one attached hydrogen (secondary N) is 1. The van der Waals surface area contributed by atoms with Crippen LogP contribution >= 0.6 is 0 Å². The molecule has 0 spiro atoms. The summed E-state index contributed by atoms with van der Waals surface area (Å²) in [5.41, 5.74) is -0.441. The number of hydrogen-bond acceptors (Lipinski definition) is 3. The van der Waals surface area contributed by atoms with E-state index in [1.807, 2.05) is 20.8 Å². The lowest BCUT2D eigenvalue weighted by Crippen LogP contribution is -2.42. The van der Waals surface area contributed by atoms with E-state index >= 15 is 0 Å². The van der Waals surface area contributed by atoms with Gasteiger partial charge in [0, 0.05) is 12.6 Å². The zero-order valence-corrected chi connectivity index (χ0v) is 9.59. The number of aromatic amines is 1. The quantitative estimate of drug-likeness (QED) is 0.798. The van der Waals surface area contributed by atoms with Gasteiger partial charge in [-0.1, -0.05) is 0 Å². The number of rotatable bonds is 2. The second kappa shape index (κ2) is 3.36. The smallest absolute Gasteiger partial charge is 0.260 e. The number of sulfonamides is 1. The van der Waals surface area contributed by atoms with E-state index in [4.69, 9.17) is 0 Å². The number of imidazole rings is 1. The van der Waals surface area contributed by atoms with Crippen molar-refractivity contribution in [3.8, 4) is 0 Å². The first kappa shape index (κ1) is 11.2. The molecular formula is C8H15N3O2S. The van der Waals surface area contributed by atoms with Gasteiger partial charge in [0.25, 0.3) is 10.0 Å². The molecule has 1 aromatic rings. The largest absolute Gasteiger partial charge is 0.335 e. The monoisotopic (exact) mass is 217 g/mol. The van der Waals surface area contributed by atoms with Crippen molar-refractivity contribution in [2.45, 2.75) is 31.3 Å². The molecule has 0 atom stereocenters. The summed E-state index contributed by atoms with van der Waals surface area (Å²) >= 11 is 0. The fourth-order valence-corrected chi connectivity index (χ4v) is 2.30. The Morgan fingerprint density at radius 1 is 1.43 bits per heavy atom. The van der Waals surface area contributed by atoms with Gasteiger partial charge in [-0.2, -0.15) is 4.31 Å². The van der Waals surface area contributed by atoms with E-state index < -0.39 is 15.6 Å².